The molecule has 0 aliphatic heterocycles. The van der Waals surface area contributed by atoms with Gasteiger partial charge in [0, 0.05) is 0 Å². The molecule has 1 aromatic carbocycles. The van der Waals surface area contributed by atoms with Gasteiger partial charge in [-0.15, -0.1) is 0 Å². The summed E-state index contributed by atoms with van der Waals surface area (Å²) in [4.78, 5) is -0.185. The minimum absolute atomic E-state index is 0.0857. The number of nitrogens with two attached hydrogens (primary N) is 1. The lowest BCUT2D eigenvalue weighted by molar-refractivity contribution is 0.155. The van der Waals surface area contributed by atoms with Crippen molar-refractivity contribution in [3.8, 4) is 5.75 Å². The first-order chi connectivity index (χ1) is 8.89. The standard InChI is InChI=1S/C12H15Cl2NO3S/c13-11-9(18-8-4-2-1-3-5-8)6-7-10(12(11)14)19(15,16)17/h6-8H,1-5H2,(H2,15,16,17). The molecule has 1 fully saturated rings. The largest absolute Gasteiger partial charge is 0.489 e. The van der Waals surface area contributed by atoms with E-state index in [4.69, 9.17) is 33.1 Å². The highest BCUT2D eigenvalue weighted by molar-refractivity contribution is 7.89. The monoisotopic (exact) mass is 323 g/mol. The first kappa shape index (κ1) is 14.9. The lowest BCUT2D eigenvalue weighted by Crippen LogP contribution is -2.20. The minimum atomic E-state index is -3.88. The van der Waals surface area contributed by atoms with Crippen molar-refractivity contribution >= 4 is 33.2 Å². The molecule has 1 aliphatic carbocycles. The van der Waals surface area contributed by atoms with E-state index in [1.807, 2.05) is 0 Å². The van der Waals surface area contributed by atoms with Gasteiger partial charge in [-0.05, 0) is 37.8 Å². The zero-order valence-corrected chi connectivity index (χ0v) is 12.6. The van der Waals surface area contributed by atoms with Crippen LogP contribution in [0, 0.1) is 0 Å². The van der Waals surface area contributed by atoms with E-state index in [1.54, 1.807) is 0 Å². The molecule has 0 spiro atoms. The normalized spacial score (nSPS) is 17.4. The van der Waals surface area contributed by atoms with Crippen LogP contribution in [0.3, 0.4) is 0 Å². The first-order valence-corrected chi connectivity index (χ1v) is 8.37. The molecule has 0 unspecified atom stereocenters. The van der Waals surface area contributed by atoms with Crippen LogP contribution < -0.4 is 9.88 Å². The van der Waals surface area contributed by atoms with Crippen molar-refractivity contribution in [1.29, 1.82) is 0 Å². The molecule has 2 N–H and O–H groups in total. The van der Waals surface area contributed by atoms with Gasteiger partial charge in [0.25, 0.3) is 0 Å². The Balaban J connectivity index is 2.26. The van der Waals surface area contributed by atoms with E-state index in [0.717, 1.165) is 25.7 Å². The summed E-state index contributed by atoms with van der Waals surface area (Å²) in [5, 5.41) is 5.06. The second kappa shape index (κ2) is 5.87. The highest BCUT2D eigenvalue weighted by atomic mass is 35.5. The summed E-state index contributed by atoms with van der Waals surface area (Å²) in [5.41, 5.74) is 0. The smallest absolute Gasteiger partial charge is 0.239 e. The number of hydrogen-bond acceptors (Lipinski definition) is 3. The van der Waals surface area contributed by atoms with E-state index in [-0.39, 0.29) is 21.0 Å². The molecule has 1 saturated carbocycles. The van der Waals surface area contributed by atoms with Crippen LogP contribution in [-0.4, -0.2) is 14.5 Å². The van der Waals surface area contributed by atoms with Crippen molar-refractivity contribution < 1.29 is 13.2 Å². The molecule has 0 bridgehead atoms. The molecule has 0 aromatic heterocycles. The van der Waals surface area contributed by atoms with Gasteiger partial charge in [-0.3, -0.25) is 0 Å². The summed E-state index contributed by atoms with van der Waals surface area (Å²) in [5.74, 6) is 0.408. The molecule has 0 radical (unpaired) electrons. The van der Waals surface area contributed by atoms with Crippen LogP contribution >= 0.6 is 23.2 Å². The van der Waals surface area contributed by atoms with Crippen LogP contribution in [0.5, 0.6) is 5.75 Å². The zero-order valence-electron chi connectivity index (χ0n) is 10.2. The fourth-order valence-electron chi connectivity index (χ4n) is 2.19. The van der Waals surface area contributed by atoms with Gasteiger partial charge in [-0.1, -0.05) is 29.6 Å². The van der Waals surface area contributed by atoms with Crippen LogP contribution in [0.2, 0.25) is 10.0 Å². The summed E-state index contributed by atoms with van der Waals surface area (Å²) >= 11 is 12.0. The van der Waals surface area contributed by atoms with E-state index in [2.05, 4.69) is 0 Å². The van der Waals surface area contributed by atoms with Gasteiger partial charge >= 0.3 is 0 Å². The summed E-state index contributed by atoms with van der Waals surface area (Å²) in [6.07, 6.45) is 5.55. The van der Waals surface area contributed by atoms with Crippen LogP contribution in [-0.2, 0) is 10.0 Å². The Morgan fingerprint density at radius 2 is 1.74 bits per heavy atom. The van der Waals surface area contributed by atoms with Gasteiger partial charge in [-0.25, -0.2) is 13.6 Å². The van der Waals surface area contributed by atoms with E-state index < -0.39 is 10.0 Å². The third-order valence-electron chi connectivity index (χ3n) is 3.16. The quantitative estimate of drug-likeness (QED) is 0.927. The maximum atomic E-state index is 11.3. The second-order valence-electron chi connectivity index (χ2n) is 4.61. The van der Waals surface area contributed by atoms with Crippen molar-refractivity contribution in [2.75, 3.05) is 0 Å². The lowest BCUT2D eigenvalue weighted by atomic mass is 9.98. The van der Waals surface area contributed by atoms with Gasteiger partial charge in [0.15, 0.2) is 0 Å². The predicted octanol–water partition coefficient (Wildman–Crippen LogP) is 3.35. The molecule has 4 nitrogen and oxygen atoms in total. The van der Waals surface area contributed by atoms with E-state index in [0.29, 0.717) is 5.75 Å². The molecular formula is C12H15Cl2NO3S. The summed E-state index contributed by atoms with van der Waals surface area (Å²) in [6, 6.07) is 2.82. The number of ether oxygens (including phenoxy) is 1. The highest BCUT2D eigenvalue weighted by Crippen LogP contribution is 2.37. The van der Waals surface area contributed by atoms with Crippen molar-refractivity contribution in [1.82, 2.24) is 0 Å². The third kappa shape index (κ3) is 3.54. The van der Waals surface area contributed by atoms with Crippen LogP contribution in [0.4, 0.5) is 0 Å². The Hall–Kier alpha value is -0.490. The molecule has 2 rings (SSSR count). The summed E-state index contributed by atoms with van der Waals surface area (Å²) in [7, 11) is -3.88. The van der Waals surface area contributed by atoms with Gasteiger partial charge < -0.3 is 4.74 Å². The predicted molar refractivity (Wildman–Crippen MR) is 75.3 cm³/mol. The lowest BCUT2D eigenvalue weighted by Gasteiger charge is -2.23. The number of halogens is 2. The maximum Gasteiger partial charge on any atom is 0.239 e. The first-order valence-electron chi connectivity index (χ1n) is 6.07. The second-order valence-corrected chi connectivity index (χ2v) is 6.90. The minimum Gasteiger partial charge on any atom is -0.489 e. The highest BCUT2D eigenvalue weighted by Gasteiger charge is 2.21. The molecule has 19 heavy (non-hydrogen) atoms. The summed E-state index contributed by atoms with van der Waals surface area (Å²) < 4.78 is 28.4. The fraction of sp³-hybridized carbons (Fsp3) is 0.500. The molecule has 7 heteroatoms. The Morgan fingerprint density at radius 1 is 1.11 bits per heavy atom. The summed E-state index contributed by atoms with van der Waals surface area (Å²) in [6.45, 7) is 0. The van der Waals surface area contributed by atoms with Crippen molar-refractivity contribution in [2.45, 2.75) is 43.1 Å². The van der Waals surface area contributed by atoms with Gasteiger partial charge in [-0.2, -0.15) is 0 Å². The van der Waals surface area contributed by atoms with E-state index >= 15 is 0 Å². The number of benzene rings is 1. The van der Waals surface area contributed by atoms with Crippen molar-refractivity contribution in [3.05, 3.63) is 22.2 Å². The molecule has 106 valence electrons. The Labute approximate surface area is 122 Å². The van der Waals surface area contributed by atoms with Crippen molar-refractivity contribution in [2.24, 2.45) is 5.14 Å². The Bertz CT molecular complexity index is 569. The average Bonchev–Trinajstić information content (AvgIpc) is 2.35. The van der Waals surface area contributed by atoms with Crippen LogP contribution in [0.25, 0.3) is 0 Å². The van der Waals surface area contributed by atoms with E-state index in [9.17, 15) is 8.42 Å². The van der Waals surface area contributed by atoms with Crippen LogP contribution in [0.1, 0.15) is 32.1 Å². The van der Waals surface area contributed by atoms with Crippen LogP contribution in [0.15, 0.2) is 17.0 Å². The van der Waals surface area contributed by atoms with Crippen molar-refractivity contribution in [3.63, 3.8) is 0 Å². The molecule has 1 aliphatic rings. The molecule has 1 aromatic rings. The third-order valence-corrected chi connectivity index (χ3v) is 5.09. The van der Waals surface area contributed by atoms with Gasteiger partial charge in [0.1, 0.15) is 15.7 Å². The number of sulfonamides is 1. The maximum absolute atomic E-state index is 11.3. The molecule has 0 amide bonds. The number of hydrogen-bond donors (Lipinski definition) is 1. The number of primary sulfonamides is 1. The van der Waals surface area contributed by atoms with Gasteiger partial charge in [0.05, 0.1) is 11.1 Å². The molecular weight excluding hydrogens is 309 g/mol. The topological polar surface area (TPSA) is 69.4 Å². The molecule has 0 atom stereocenters. The molecule has 0 saturated heterocycles. The van der Waals surface area contributed by atoms with E-state index in [1.165, 1.54) is 18.6 Å². The SMILES string of the molecule is NS(=O)(=O)c1ccc(OC2CCCCC2)c(Cl)c1Cl. The average molecular weight is 324 g/mol. The molecule has 0 heterocycles. The fourth-order valence-corrected chi connectivity index (χ4v) is 3.54. The number of rotatable bonds is 3. The Morgan fingerprint density at radius 3 is 2.32 bits per heavy atom. The Kier molecular flexibility index (Phi) is 4.61. The zero-order chi connectivity index (χ0) is 14.0. The van der Waals surface area contributed by atoms with Gasteiger partial charge in [0.2, 0.25) is 10.0 Å².